The molecular formula is C24H33BrClN3O2. The molecule has 7 heteroatoms. The van der Waals surface area contributed by atoms with Crippen LogP contribution < -0.4 is 5.32 Å². The third-order valence-electron chi connectivity index (χ3n) is 6.23. The summed E-state index contributed by atoms with van der Waals surface area (Å²) in [6, 6.07) is 5.94. The van der Waals surface area contributed by atoms with Crippen LogP contribution in [0.25, 0.3) is 0 Å². The van der Waals surface area contributed by atoms with Crippen LogP contribution in [0.5, 0.6) is 0 Å². The lowest BCUT2D eigenvalue weighted by Gasteiger charge is -2.35. The van der Waals surface area contributed by atoms with Crippen molar-refractivity contribution in [3.8, 4) is 0 Å². The lowest BCUT2D eigenvalue weighted by molar-refractivity contribution is 0.0517. The minimum Gasteiger partial charge on any atom is -0.461 e. The number of benzene rings is 1. The molecule has 31 heavy (non-hydrogen) atoms. The highest BCUT2D eigenvalue weighted by Crippen LogP contribution is 2.42. The average molecular weight is 511 g/mol. The fraction of sp³-hybridized carbons (Fsp3) is 0.583. The number of esters is 1. The van der Waals surface area contributed by atoms with Crippen LogP contribution in [-0.2, 0) is 4.74 Å². The molecule has 1 aliphatic rings. The number of rotatable bonds is 7. The smallest absolute Gasteiger partial charge is 0.358 e. The van der Waals surface area contributed by atoms with Crippen LogP contribution in [0, 0.1) is 18.8 Å². The van der Waals surface area contributed by atoms with Gasteiger partial charge in [0.05, 0.1) is 18.3 Å². The zero-order chi connectivity index (χ0) is 22.7. The van der Waals surface area contributed by atoms with E-state index in [9.17, 15) is 4.79 Å². The van der Waals surface area contributed by atoms with Crippen LogP contribution >= 0.6 is 27.5 Å². The Labute approximate surface area is 199 Å². The van der Waals surface area contributed by atoms with Crippen molar-refractivity contribution in [3.05, 3.63) is 44.9 Å². The van der Waals surface area contributed by atoms with Gasteiger partial charge in [-0.05, 0) is 86.0 Å². The van der Waals surface area contributed by atoms with E-state index >= 15 is 0 Å². The number of anilines is 1. The topological polar surface area (TPSA) is 56.1 Å². The molecule has 1 aromatic carbocycles. The Kier molecular flexibility index (Phi) is 8.08. The van der Waals surface area contributed by atoms with Crippen LogP contribution in [0.15, 0.2) is 22.9 Å². The van der Waals surface area contributed by atoms with E-state index in [1.54, 1.807) is 0 Å². The van der Waals surface area contributed by atoms with Gasteiger partial charge in [0.1, 0.15) is 0 Å². The lowest BCUT2D eigenvalue weighted by Crippen LogP contribution is -2.29. The fourth-order valence-electron chi connectivity index (χ4n) is 4.50. The number of nitrogens with zero attached hydrogens (tertiary/aromatic N) is 2. The van der Waals surface area contributed by atoms with Gasteiger partial charge < -0.3 is 14.6 Å². The minimum atomic E-state index is -0.378. The lowest BCUT2D eigenvalue weighted by atomic mass is 9.78. The summed E-state index contributed by atoms with van der Waals surface area (Å²) in [5.41, 5.74) is 3.38. The monoisotopic (exact) mass is 509 g/mol. The quantitative estimate of drug-likeness (QED) is 0.396. The van der Waals surface area contributed by atoms with Gasteiger partial charge in [-0.15, -0.1) is 0 Å². The number of hydrogen-bond donors (Lipinski definition) is 1. The maximum absolute atomic E-state index is 12.9. The van der Waals surface area contributed by atoms with E-state index in [0.717, 1.165) is 35.7 Å². The van der Waals surface area contributed by atoms with Gasteiger partial charge in [-0.2, -0.15) is 0 Å². The first-order chi connectivity index (χ1) is 14.7. The van der Waals surface area contributed by atoms with Crippen molar-refractivity contribution in [2.45, 2.75) is 72.4 Å². The van der Waals surface area contributed by atoms with Gasteiger partial charge in [0.2, 0.25) is 0 Å². The number of carbonyl (C=O) groups excluding carboxylic acids is 1. The predicted octanol–water partition coefficient (Wildman–Crippen LogP) is 7.34. The fourth-order valence-corrected chi connectivity index (χ4v) is 5.45. The standard InChI is InChI=1S/C24H33BrClN3O2/c1-6-31-23(30)21-22(29(14(2)3)24(25)28-21)20(17-10-7-15(4)8-11-17)27-19-13-18(26)12-9-16(19)5/h9,12-15,17,20,27H,6-8,10-11H2,1-5H3/t15-,17-,20?. The number of nitrogens with one attached hydrogen (secondary N) is 1. The van der Waals surface area contributed by atoms with E-state index in [4.69, 9.17) is 16.3 Å². The van der Waals surface area contributed by atoms with E-state index < -0.39 is 0 Å². The highest BCUT2D eigenvalue weighted by molar-refractivity contribution is 9.10. The Bertz CT molecular complexity index is 920. The van der Waals surface area contributed by atoms with Gasteiger partial charge in [-0.1, -0.05) is 37.4 Å². The SMILES string of the molecule is CCOC(=O)c1nc(Br)n(C(C)C)c1C(Nc1cc(Cl)ccc1C)[C@H]1CC[C@H](C)CC1. The molecule has 1 aromatic heterocycles. The predicted molar refractivity (Wildman–Crippen MR) is 130 cm³/mol. The number of hydrogen-bond acceptors (Lipinski definition) is 4. The molecular weight excluding hydrogens is 478 g/mol. The number of aryl methyl sites for hydroxylation is 1. The first kappa shape index (κ1) is 24.1. The van der Waals surface area contributed by atoms with E-state index in [-0.39, 0.29) is 18.1 Å². The highest BCUT2D eigenvalue weighted by Gasteiger charge is 2.36. The molecule has 1 heterocycles. The van der Waals surface area contributed by atoms with Gasteiger partial charge in [0.25, 0.3) is 0 Å². The van der Waals surface area contributed by atoms with Gasteiger partial charge in [0.15, 0.2) is 10.4 Å². The first-order valence-corrected chi connectivity index (χ1v) is 12.4. The molecule has 1 saturated carbocycles. The molecule has 3 rings (SSSR count). The van der Waals surface area contributed by atoms with Crippen molar-refractivity contribution in [1.82, 2.24) is 9.55 Å². The van der Waals surface area contributed by atoms with Crippen molar-refractivity contribution < 1.29 is 9.53 Å². The van der Waals surface area contributed by atoms with Crippen molar-refractivity contribution in [1.29, 1.82) is 0 Å². The minimum absolute atomic E-state index is 0.0785. The molecule has 1 unspecified atom stereocenters. The average Bonchev–Trinajstić information content (AvgIpc) is 3.07. The Balaban J connectivity index is 2.14. The molecule has 1 N–H and O–H groups in total. The van der Waals surface area contributed by atoms with E-state index in [2.05, 4.69) is 58.5 Å². The molecule has 0 saturated heterocycles. The summed E-state index contributed by atoms with van der Waals surface area (Å²) in [6.07, 6.45) is 4.56. The van der Waals surface area contributed by atoms with Crippen LogP contribution in [0.3, 0.4) is 0 Å². The summed E-state index contributed by atoms with van der Waals surface area (Å²) in [4.78, 5) is 17.5. The van der Waals surface area contributed by atoms with E-state index in [1.807, 2.05) is 25.1 Å². The van der Waals surface area contributed by atoms with Crippen molar-refractivity contribution in [3.63, 3.8) is 0 Å². The number of halogens is 2. The molecule has 0 aliphatic heterocycles. The summed E-state index contributed by atoms with van der Waals surface area (Å²) in [5.74, 6) is 0.733. The summed E-state index contributed by atoms with van der Waals surface area (Å²) in [7, 11) is 0. The maximum atomic E-state index is 12.9. The van der Waals surface area contributed by atoms with Crippen LogP contribution in [-0.4, -0.2) is 22.1 Å². The van der Waals surface area contributed by atoms with Crippen LogP contribution in [0.1, 0.15) is 87.2 Å². The second kappa shape index (κ2) is 10.4. The molecule has 5 nitrogen and oxygen atoms in total. The number of ether oxygens (including phenoxy) is 1. The van der Waals surface area contributed by atoms with Crippen LogP contribution in [0.4, 0.5) is 5.69 Å². The molecule has 0 spiro atoms. The zero-order valence-corrected chi connectivity index (χ0v) is 21.4. The van der Waals surface area contributed by atoms with Gasteiger partial charge in [-0.25, -0.2) is 9.78 Å². The molecule has 0 amide bonds. The molecule has 1 aliphatic carbocycles. The summed E-state index contributed by atoms with van der Waals surface area (Å²) in [6.45, 7) is 10.7. The molecule has 2 aromatic rings. The van der Waals surface area contributed by atoms with Crippen molar-refractivity contribution in [2.75, 3.05) is 11.9 Å². The zero-order valence-electron chi connectivity index (χ0n) is 19.0. The van der Waals surface area contributed by atoms with E-state index in [0.29, 0.717) is 28.0 Å². The third-order valence-corrected chi connectivity index (χ3v) is 7.02. The Morgan fingerprint density at radius 2 is 2.00 bits per heavy atom. The van der Waals surface area contributed by atoms with E-state index in [1.165, 1.54) is 12.8 Å². The molecule has 0 radical (unpaired) electrons. The molecule has 1 atom stereocenters. The molecule has 1 fully saturated rings. The molecule has 170 valence electrons. The van der Waals surface area contributed by atoms with Gasteiger partial charge in [0, 0.05) is 16.8 Å². The second-order valence-corrected chi connectivity index (χ2v) is 10.0. The first-order valence-electron chi connectivity index (χ1n) is 11.2. The number of aromatic nitrogens is 2. The summed E-state index contributed by atoms with van der Waals surface area (Å²) in [5, 5.41) is 4.45. The Hall–Kier alpha value is -1.53. The maximum Gasteiger partial charge on any atom is 0.358 e. The summed E-state index contributed by atoms with van der Waals surface area (Å²) >= 11 is 9.92. The second-order valence-electron chi connectivity index (χ2n) is 8.90. The van der Waals surface area contributed by atoms with Crippen LogP contribution in [0.2, 0.25) is 5.02 Å². The highest BCUT2D eigenvalue weighted by atomic mass is 79.9. The Morgan fingerprint density at radius 3 is 2.61 bits per heavy atom. The number of imidazole rings is 1. The Morgan fingerprint density at radius 1 is 1.32 bits per heavy atom. The largest absolute Gasteiger partial charge is 0.461 e. The summed E-state index contributed by atoms with van der Waals surface area (Å²) < 4.78 is 8.14. The normalized spacial score (nSPS) is 20.0. The third kappa shape index (κ3) is 5.46. The number of carbonyl (C=O) groups is 1. The van der Waals surface area contributed by atoms with Crippen molar-refractivity contribution >= 4 is 39.2 Å². The van der Waals surface area contributed by atoms with Gasteiger partial charge >= 0.3 is 5.97 Å². The van der Waals surface area contributed by atoms with Crippen molar-refractivity contribution in [2.24, 2.45) is 11.8 Å². The molecule has 0 bridgehead atoms. The van der Waals surface area contributed by atoms with Gasteiger partial charge in [-0.3, -0.25) is 0 Å².